The van der Waals surface area contributed by atoms with Gasteiger partial charge in [-0.3, -0.25) is 9.59 Å². The van der Waals surface area contributed by atoms with E-state index in [0.29, 0.717) is 19.5 Å². The molecule has 3 N–H and O–H groups in total. The van der Waals surface area contributed by atoms with E-state index >= 15 is 0 Å². The van der Waals surface area contributed by atoms with Crippen LogP contribution in [0.15, 0.2) is 42.5 Å². The molecule has 1 unspecified atom stereocenters. The summed E-state index contributed by atoms with van der Waals surface area (Å²) in [5.41, 5.74) is 6.82. The van der Waals surface area contributed by atoms with Crippen molar-refractivity contribution in [2.24, 2.45) is 5.73 Å². The monoisotopic (exact) mass is 311 g/mol. The number of amides is 2. The van der Waals surface area contributed by atoms with Gasteiger partial charge < -0.3 is 16.0 Å². The molecule has 1 heterocycles. The Morgan fingerprint density at radius 2 is 2.00 bits per heavy atom. The predicted octanol–water partition coefficient (Wildman–Crippen LogP) is 1.58. The summed E-state index contributed by atoms with van der Waals surface area (Å²) < 4.78 is 0. The van der Waals surface area contributed by atoms with E-state index in [2.05, 4.69) is 5.32 Å². The Hall–Kier alpha value is -2.40. The zero-order chi connectivity index (χ0) is 16.2. The number of hydrogen-bond donors (Lipinski definition) is 2. The number of nitrogens with one attached hydrogen (secondary N) is 1. The molecule has 23 heavy (non-hydrogen) atoms. The number of carbonyl (C=O) groups is 2. The Kier molecular flexibility index (Phi) is 4.57. The van der Waals surface area contributed by atoms with Crippen LogP contribution in [0.25, 0.3) is 10.8 Å². The van der Waals surface area contributed by atoms with Crippen LogP contribution < -0.4 is 11.1 Å². The maximum Gasteiger partial charge on any atom is 0.240 e. The van der Waals surface area contributed by atoms with Crippen molar-refractivity contribution < 1.29 is 9.59 Å². The van der Waals surface area contributed by atoms with Crippen LogP contribution in [0.5, 0.6) is 0 Å². The Labute approximate surface area is 135 Å². The minimum absolute atomic E-state index is 0.0511. The molecule has 5 heteroatoms. The smallest absolute Gasteiger partial charge is 0.240 e. The maximum absolute atomic E-state index is 12.2. The molecule has 2 aromatic carbocycles. The van der Waals surface area contributed by atoms with Crippen LogP contribution in [-0.4, -0.2) is 36.3 Å². The lowest BCUT2D eigenvalue weighted by Gasteiger charge is -2.20. The van der Waals surface area contributed by atoms with Crippen LogP contribution in [0.3, 0.4) is 0 Å². The molecule has 0 bridgehead atoms. The van der Waals surface area contributed by atoms with Crippen LogP contribution in [0.2, 0.25) is 0 Å². The highest BCUT2D eigenvalue weighted by Crippen LogP contribution is 2.20. The Morgan fingerprint density at radius 1 is 1.22 bits per heavy atom. The molecule has 0 saturated carbocycles. The first-order valence-corrected chi connectivity index (χ1v) is 7.93. The Bertz CT molecular complexity index is 729. The first kappa shape index (κ1) is 15.5. The van der Waals surface area contributed by atoms with Gasteiger partial charge in [-0.05, 0) is 28.8 Å². The SMILES string of the molecule is NCC(NC(=O)CN1CCCC1=O)c1ccc2ccccc2c1. The molecule has 120 valence electrons. The fraction of sp³-hybridized carbons (Fsp3) is 0.333. The van der Waals surface area contributed by atoms with E-state index < -0.39 is 0 Å². The first-order valence-electron chi connectivity index (χ1n) is 7.93. The number of nitrogens with zero attached hydrogens (tertiary/aromatic N) is 1. The van der Waals surface area contributed by atoms with Crippen molar-refractivity contribution >= 4 is 22.6 Å². The summed E-state index contributed by atoms with van der Waals surface area (Å²) >= 11 is 0. The number of benzene rings is 2. The molecular weight excluding hydrogens is 290 g/mol. The van der Waals surface area contributed by atoms with Crippen LogP contribution >= 0.6 is 0 Å². The van der Waals surface area contributed by atoms with Gasteiger partial charge in [0.15, 0.2) is 0 Å². The molecule has 0 aromatic heterocycles. The van der Waals surface area contributed by atoms with Crippen LogP contribution in [-0.2, 0) is 9.59 Å². The van der Waals surface area contributed by atoms with E-state index in [-0.39, 0.29) is 24.4 Å². The van der Waals surface area contributed by atoms with Gasteiger partial charge in [0.25, 0.3) is 0 Å². The second-order valence-corrected chi connectivity index (χ2v) is 5.88. The zero-order valence-electron chi connectivity index (χ0n) is 13.0. The summed E-state index contributed by atoms with van der Waals surface area (Å²) in [5, 5.41) is 5.21. The molecule has 1 atom stereocenters. The zero-order valence-corrected chi connectivity index (χ0v) is 13.0. The lowest BCUT2D eigenvalue weighted by Crippen LogP contribution is -2.41. The highest BCUT2D eigenvalue weighted by Gasteiger charge is 2.23. The fourth-order valence-electron chi connectivity index (χ4n) is 2.99. The molecule has 0 aliphatic carbocycles. The summed E-state index contributed by atoms with van der Waals surface area (Å²) in [6.07, 6.45) is 1.37. The number of carbonyl (C=O) groups excluding carboxylic acids is 2. The lowest BCUT2D eigenvalue weighted by atomic mass is 10.0. The minimum atomic E-state index is -0.246. The van der Waals surface area contributed by atoms with Crippen molar-refractivity contribution in [2.45, 2.75) is 18.9 Å². The normalized spacial score (nSPS) is 15.9. The summed E-state index contributed by atoms with van der Waals surface area (Å²) in [6, 6.07) is 13.9. The molecular formula is C18H21N3O2. The molecule has 3 rings (SSSR count). The lowest BCUT2D eigenvalue weighted by molar-refractivity contribution is -0.133. The van der Waals surface area contributed by atoms with Gasteiger partial charge in [0, 0.05) is 19.5 Å². The summed E-state index contributed by atoms with van der Waals surface area (Å²) in [4.78, 5) is 25.4. The summed E-state index contributed by atoms with van der Waals surface area (Å²) in [6.45, 7) is 1.09. The number of nitrogens with two attached hydrogens (primary N) is 1. The van der Waals surface area contributed by atoms with Gasteiger partial charge in [-0.25, -0.2) is 0 Å². The van der Waals surface area contributed by atoms with Crippen molar-refractivity contribution in [3.05, 3.63) is 48.0 Å². The van der Waals surface area contributed by atoms with Crippen molar-refractivity contribution in [1.82, 2.24) is 10.2 Å². The van der Waals surface area contributed by atoms with Gasteiger partial charge in [-0.1, -0.05) is 36.4 Å². The van der Waals surface area contributed by atoms with E-state index in [4.69, 9.17) is 5.73 Å². The van der Waals surface area contributed by atoms with Crippen LogP contribution in [0.1, 0.15) is 24.4 Å². The van der Waals surface area contributed by atoms with Crippen molar-refractivity contribution in [2.75, 3.05) is 19.6 Å². The highest BCUT2D eigenvalue weighted by atomic mass is 16.2. The summed E-state index contributed by atoms with van der Waals surface area (Å²) in [7, 11) is 0. The minimum Gasteiger partial charge on any atom is -0.346 e. The van der Waals surface area contributed by atoms with E-state index in [0.717, 1.165) is 22.8 Å². The topological polar surface area (TPSA) is 75.4 Å². The number of fused-ring (bicyclic) bond motifs is 1. The van der Waals surface area contributed by atoms with Gasteiger partial charge in [-0.2, -0.15) is 0 Å². The number of rotatable bonds is 5. The van der Waals surface area contributed by atoms with Crippen LogP contribution in [0, 0.1) is 0 Å². The average Bonchev–Trinajstić information content (AvgIpc) is 2.97. The summed E-state index contributed by atoms with van der Waals surface area (Å²) in [5.74, 6) is -0.112. The molecule has 1 saturated heterocycles. The molecule has 1 fully saturated rings. The molecule has 2 aromatic rings. The van der Waals surface area contributed by atoms with Crippen molar-refractivity contribution in [1.29, 1.82) is 0 Å². The number of hydrogen-bond acceptors (Lipinski definition) is 3. The Morgan fingerprint density at radius 3 is 2.70 bits per heavy atom. The molecule has 0 radical (unpaired) electrons. The highest BCUT2D eigenvalue weighted by molar-refractivity contribution is 5.86. The standard InChI is InChI=1S/C18H21N3O2/c19-11-16(20-17(22)12-21-9-3-6-18(21)23)15-8-7-13-4-1-2-5-14(13)10-15/h1-2,4-5,7-8,10,16H,3,6,9,11-12,19H2,(H,20,22). The molecule has 5 nitrogen and oxygen atoms in total. The van der Waals surface area contributed by atoms with Gasteiger partial charge in [0.05, 0.1) is 12.6 Å². The van der Waals surface area contributed by atoms with Gasteiger partial charge >= 0.3 is 0 Å². The van der Waals surface area contributed by atoms with E-state index in [1.165, 1.54) is 0 Å². The average molecular weight is 311 g/mol. The molecule has 1 aliphatic heterocycles. The fourth-order valence-corrected chi connectivity index (χ4v) is 2.99. The van der Waals surface area contributed by atoms with Crippen LogP contribution in [0.4, 0.5) is 0 Å². The quantitative estimate of drug-likeness (QED) is 0.880. The van der Waals surface area contributed by atoms with Crippen molar-refractivity contribution in [3.63, 3.8) is 0 Å². The number of likely N-dealkylation sites (tertiary alicyclic amines) is 1. The Balaban J connectivity index is 1.70. The van der Waals surface area contributed by atoms with Gasteiger partial charge in [0.2, 0.25) is 11.8 Å². The van der Waals surface area contributed by atoms with E-state index in [1.54, 1.807) is 4.90 Å². The van der Waals surface area contributed by atoms with E-state index in [9.17, 15) is 9.59 Å². The third kappa shape index (κ3) is 3.51. The molecule has 2 amide bonds. The maximum atomic E-state index is 12.2. The van der Waals surface area contributed by atoms with Crippen molar-refractivity contribution in [3.8, 4) is 0 Å². The largest absolute Gasteiger partial charge is 0.346 e. The first-order chi connectivity index (χ1) is 11.2. The third-order valence-electron chi connectivity index (χ3n) is 4.25. The second kappa shape index (κ2) is 6.79. The second-order valence-electron chi connectivity index (χ2n) is 5.88. The molecule has 1 aliphatic rings. The predicted molar refractivity (Wildman–Crippen MR) is 89.7 cm³/mol. The van der Waals surface area contributed by atoms with E-state index in [1.807, 2.05) is 42.5 Å². The molecule has 0 spiro atoms. The third-order valence-corrected chi connectivity index (χ3v) is 4.25. The van der Waals surface area contributed by atoms with Gasteiger partial charge in [0.1, 0.15) is 0 Å². The van der Waals surface area contributed by atoms with Gasteiger partial charge in [-0.15, -0.1) is 0 Å².